The molecule has 94 valence electrons. The molecule has 2 N–H and O–H groups in total. The van der Waals surface area contributed by atoms with Crippen molar-refractivity contribution in [2.24, 2.45) is 0 Å². The molecular weight excluding hydrogens is 257 g/mol. The van der Waals surface area contributed by atoms with Crippen LogP contribution in [0.4, 0.5) is 10.2 Å². The molecule has 0 aliphatic heterocycles. The third-order valence-electron chi connectivity index (χ3n) is 2.42. The minimum absolute atomic E-state index is 0.00687. The third kappa shape index (κ3) is 2.36. The zero-order valence-corrected chi connectivity index (χ0v) is 10.4. The van der Waals surface area contributed by atoms with Crippen LogP contribution in [-0.4, -0.2) is 9.97 Å². The van der Waals surface area contributed by atoms with Gasteiger partial charge in [0, 0.05) is 0 Å². The van der Waals surface area contributed by atoms with E-state index in [1.54, 1.807) is 6.07 Å². The number of benzene rings is 1. The Morgan fingerprint density at radius 2 is 2.17 bits per heavy atom. The normalized spacial score (nSPS) is 10.4. The molecule has 0 radical (unpaired) electrons. The topological polar surface area (TPSA) is 61.0 Å². The molecule has 1 aromatic carbocycles. The average Bonchev–Trinajstić information content (AvgIpc) is 2.35. The van der Waals surface area contributed by atoms with Crippen LogP contribution in [0.2, 0.25) is 5.02 Å². The van der Waals surface area contributed by atoms with Gasteiger partial charge in [0.05, 0.1) is 10.6 Å². The van der Waals surface area contributed by atoms with Crippen molar-refractivity contribution in [3.05, 3.63) is 40.9 Å². The van der Waals surface area contributed by atoms with Gasteiger partial charge < -0.3 is 10.5 Å². The summed E-state index contributed by atoms with van der Waals surface area (Å²) in [5.41, 5.74) is 6.34. The van der Waals surface area contributed by atoms with E-state index in [0.29, 0.717) is 17.8 Å². The second kappa shape index (κ2) is 5.18. The zero-order chi connectivity index (χ0) is 13.1. The van der Waals surface area contributed by atoms with E-state index in [0.717, 1.165) is 0 Å². The number of hydrogen-bond donors (Lipinski definition) is 1. The number of hydrogen-bond acceptors (Lipinski definition) is 4. The summed E-state index contributed by atoms with van der Waals surface area (Å²) >= 11 is 5.67. The molecule has 1 heterocycles. The van der Waals surface area contributed by atoms with Crippen molar-refractivity contribution >= 4 is 17.4 Å². The van der Waals surface area contributed by atoms with Gasteiger partial charge in [-0.2, -0.15) is 0 Å². The summed E-state index contributed by atoms with van der Waals surface area (Å²) in [6.45, 7) is 1.89. The van der Waals surface area contributed by atoms with Crippen molar-refractivity contribution in [3.63, 3.8) is 0 Å². The van der Waals surface area contributed by atoms with E-state index < -0.39 is 5.82 Å². The molecule has 0 fully saturated rings. The molecule has 2 rings (SSSR count). The highest BCUT2D eigenvalue weighted by molar-refractivity contribution is 6.30. The molecule has 1 aromatic heterocycles. The number of anilines is 1. The fourth-order valence-electron chi connectivity index (χ4n) is 1.50. The second-order valence-electron chi connectivity index (χ2n) is 3.55. The predicted molar refractivity (Wildman–Crippen MR) is 67.3 cm³/mol. The maximum atomic E-state index is 13.7. The Morgan fingerprint density at radius 3 is 2.89 bits per heavy atom. The summed E-state index contributed by atoms with van der Waals surface area (Å²) in [6, 6.07) is 4.51. The van der Waals surface area contributed by atoms with Crippen molar-refractivity contribution in [2.45, 2.75) is 13.3 Å². The standard InChI is InChI=1S/C12H11ClFN3O/c1-2-7-11(15)16-6-17-12(7)18-9-5-3-4-8(13)10(9)14/h3-6H,2H2,1H3,(H2,15,16,17). The van der Waals surface area contributed by atoms with Gasteiger partial charge in [0.2, 0.25) is 5.88 Å². The Hall–Kier alpha value is -1.88. The number of aromatic nitrogens is 2. The molecule has 0 atom stereocenters. The van der Waals surface area contributed by atoms with Crippen LogP contribution in [0.3, 0.4) is 0 Å². The predicted octanol–water partition coefficient (Wildman–Crippen LogP) is 3.21. The molecule has 0 saturated carbocycles. The van der Waals surface area contributed by atoms with E-state index in [2.05, 4.69) is 9.97 Å². The van der Waals surface area contributed by atoms with Crippen molar-refractivity contribution < 1.29 is 9.13 Å². The molecule has 4 nitrogen and oxygen atoms in total. The lowest BCUT2D eigenvalue weighted by Crippen LogP contribution is -2.02. The first-order valence-corrected chi connectivity index (χ1v) is 5.72. The van der Waals surface area contributed by atoms with Crippen LogP contribution in [-0.2, 0) is 6.42 Å². The van der Waals surface area contributed by atoms with Crippen LogP contribution in [0.15, 0.2) is 24.5 Å². The van der Waals surface area contributed by atoms with Gasteiger partial charge in [-0.25, -0.2) is 14.4 Å². The highest BCUT2D eigenvalue weighted by Gasteiger charge is 2.13. The average molecular weight is 268 g/mol. The molecule has 2 aromatic rings. The summed E-state index contributed by atoms with van der Waals surface area (Å²) in [5, 5.41) is -0.00687. The molecule has 0 aliphatic rings. The number of halogens is 2. The van der Waals surface area contributed by atoms with E-state index in [4.69, 9.17) is 22.1 Å². The smallest absolute Gasteiger partial charge is 0.227 e. The molecular formula is C12H11ClFN3O. The number of rotatable bonds is 3. The first-order chi connectivity index (χ1) is 8.63. The van der Waals surface area contributed by atoms with Gasteiger partial charge in [0.1, 0.15) is 12.1 Å². The second-order valence-corrected chi connectivity index (χ2v) is 3.96. The Kier molecular flexibility index (Phi) is 3.62. The van der Waals surface area contributed by atoms with Crippen LogP contribution in [0.5, 0.6) is 11.6 Å². The van der Waals surface area contributed by atoms with Gasteiger partial charge in [0.15, 0.2) is 11.6 Å². The van der Waals surface area contributed by atoms with Crippen LogP contribution >= 0.6 is 11.6 Å². The Balaban J connectivity index is 2.40. The van der Waals surface area contributed by atoms with Gasteiger partial charge >= 0.3 is 0 Å². The monoisotopic (exact) mass is 267 g/mol. The van der Waals surface area contributed by atoms with Crippen LogP contribution in [0.1, 0.15) is 12.5 Å². The largest absolute Gasteiger partial charge is 0.435 e. The van der Waals surface area contributed by atoms with Gasteiger partial charge in [-0.1, -0.05) is 24.6 Å². The van der Waals surface area contributed by atoms with Crippen molar-refractivity contribution in [1.29, 1.82) is 0 Å². The van der Waals surface area contributed by atoms with Crippen LogP contribution in [0, 0.1) is 5.82 Å². The van der Waals surface area contributed by atoms with Crippen molar-refractivity contribution in [2.75, 3.05) is 5.73 Å². The number of nitrogens with zero attached hydrogens (tertiary/aromatic N) is 2. The molecule has 18 heavy (non-hydrogen) atoms. The van der Waals surface area contributed by atoms with E-state index in [1.807, 2.05) is 6.92 Å². The third-order valence-corrected chi connectivity index (χ3v) is 2.71. The van der Waals surface area contributed by atoms with Gasteiger partial charge in [-0.05, 0) is 18.6 Å². The summed E-state index contributed by atoms with van der Waals surface area (Å²) in [7, 11) is 0. The molecule has 0 saturated heterocycles. The molecule has 0 spiro atoms. The minimum Gasteiger partial charge on any atom is -0.435 e. The summed E-state index contributed by atoms with van der Waals surface area (Å²) in [6.07, 6.45) is 1.86. The molecule has 6 heteroatoms. The minimum atomic E-state index is -0.626. The molecule has 0 aliphatic carbocycles. The number of nitrogens with two attached hydrogens (primary N) is 1. The maximum Gasteiger partial charge on any atom is 0.227 e. The fourth-order valence-corrected chi connectivity index (χ4v) is 1.66. The number of nitrogen functional groups attached to an aromatic ring is 1. The lowest BCUT2D eigenvalue weighted by Gasteiger charge is -2.10. The fraction of sp³-hybridized carbons (Fsp3) is 0.167. The summed E-state index contributed by atoms with van der Waals surface area (Å²) in [5.74, 6) is -0.0511. The first kappa shape index (κ1) is 12.6. The van der Waals surface area contributed by atoms with E-state index >= 15 is 0 Å². The van der Waals surface area contributed by atoms with Gasteiger partial charge in [-0.15, -0.1) is 0 Å². The Bertz CT molecular complexity index is 577. The number of ether oxygens (including phenoxy) is 1. The van der Waals surface area contributed by atoms with E-state index in [1.165, 1.54) is 18.5 Å². The molecule has 0 bridgehead atoms. The summed E-state index contributed by atoms with van der Waals surface area (Å²) < 4.78 is 19.1. The zero-order valence-electron chi connectivity index (χ0n) is 9.65. The lowest BCUT2D eigenvalue weighted by molar-refractivity contribution is 0.422. The first-order valence-electron chi connectivity index (χ1n) is 5.34. The Labute approximate surface area is 109 Å². The van der Waals surface area contributed by atoms with E-state index in [9.17, 15) is 4.39 Å². The van der Waals surface area contributed by atoms with Crippen molar-refractivity contribution in [3.8, 4) is 11.6 Å². The quantitative estimate of drug-likeness (QED) is 0.928. The molecule has 0 unspecified atom stereocenters. The SMILES string of the molecule is CCc1c(N)ncnc1Oc1cccc(Cl)c1F. The molecule has 0 amide bonds. The lowest BCUT2D eigenvalue weighted by atomic mass is 10.2. The Morgan fingerprint density at radius 1 is 1.39 bits per heavy atom. The van der Waals surface area contributed by atoms with Crippen LogP contribution in [0.25, 0.3) is 0 Å². The maximum absolute atomic E-state index is 13.7. The van der Waals surface area contributed by atoms with Crippen LogP contribution < -0.4 is 10.5 Å². The summed E-state index contributed by atoms with van der Waals surface area (Å²) in [4.78, 5) is 7.81. The van der Waals surface area contributed by atoms with Gasteiger partial charge in [0.25, 0.3) is 0 Å². The highest BCUT2D eigenvalue weighted by atomic mass is 35.5. The van der Waals surface area contributed by atoms with E-state index in [-0.39, 0.29) is 16.7 Å². The van der Waals surface area contributed by atoms with Crippen molar-refractivity contribution in [1.82, 2.24) is 9.97 Å². The highest BCUT2D eigenvalue weighted by Crippen LogP contribution is 2.30. The van der Waals surface area contributed by atoms with Gasteiger partial charge in [-0.3, -0.25) is 0 Å².